The fourth-order valence-corrected chi connectivity index (χ4v) is 1.22. The summed E-state index contributed by atoms with van der Waals surface area (Å²) in [4.78, 5) is 2.99. The summed E-state index contributed by atoms with van der Waals surface area (Å²) in [5.74, 6) is 0. The van der Waals surface area contributed by atoms with Crippen molar-refractivity contribution in [3.8, 4) is 0 Å². The van der Waals surface area contributed by atoms with Gasteiger partial charge in [-0.25, -0.2) is 0 Å². The van der Waals surface area contributed by atoms with E-state index in [2.05, 4.69) is 27.6 Å². The van der Waals surface area contributed by atoms with E-state index in [4.69, 9.17) is 17.0 Å². The molecule has 1 aromatic rings. The minimum absolute atomic E-state index is 0.411. The van der Waals surface area contributed by atoms with E-state index in [0.717, 1.165) is 3.57 Å². The zero-order chi connectivity index (χ0) is 7.56. The van der Waals surface area contributed by atoms with Crippen LogP contribution in [-0.2, 0) is 0 Å². The number of diazo groups is 1. The molecule has 4 heteroatoms. The Labute approximate surface area is 77.0 Å². The SMILES string of the molecule is N#[N+]c1cccc(I)c1Cl. The molecule has 0 aromatic heterocycles. The molecule has 0 unspecified atom stereocenters. The van der Waals surface area contributed by atoms with Gasteiger partial charge in [0.15, 0.2) is 4.98 Å². The van der Waals surface area contributed by atoms with Crippen molar-refractivity contribution < 1.29 is 0 Å². The first-order valence-electron chi connectivity index (χ1n) is 2.55. The Hall–Kier alpha value is -0.340. The molecule has 1 rings (SSSR count). The molecule has 0 heterocycles. The molecule has 0 aliphatic heterocycles. The average Bonchev–Trinajstić information content (AvgIpc) is 1.95. The molecule has 0 bridgehead atoms. The fourth-order valence-electron chi connectivity index (χ4n) is 0.570. The van der Waals surface area contributed by atoms with Crippen molar-refractivity contribution in [2.45, 2.75) is 0 Å². The second-order valence-electron chi connectivity index (χ2n) is 1.67. The van der Waals surface area contributed by atoms with Crippen LogP contribution >= 0.6 is 34.2 Å². The van der Waals surface area contributed by atoms with Gasteiger partial charge in [0.1, 0.15) is 5.02 Å². The lowest BCUT2D eigenvalue weighted by Crippen LogP contribution is -1.71. The van der Waals surface area contributed by atoms with Gasteiger partial charge in [0, 0.05) is 9.64 Å². The van der Waals surface area contributed by atoms with Crippen LogP contribution in [-0.4, -0.2) is 0 Å². The molecule has 0 atom stereocenters. The molecule has 0 aliphatic rings. The molecular formula is C6H3ClIN2+. The summed E-state index contributed by atoms with van der Waals surface area (Å²) < 4.78 is 0.884. The van der Waals surface area contributed by atoms with Gasteiger partial charge in [-0.1, -0.05) is 17.7 Å². The van der Waals surface area contributed by atoms with E-state index >= 15 is 0 Å². The summed E-state index contributed by atoms with van der Waals surface area (Å²) in [7, 11) is 0. The summed E-state index contributed by atoms with van der Waals surface area (Å²) in [6.07, 6.45) is 0. The number of nitrogens with zero attached hydrogens (tertiary/aromatic N) is 2. The maximum Gasteiger partial charge on any atom is 0.404 e. The van der Waals surface area contributed by atoms with Crippen molar-refractivity contribution in [3.05, 3.63) is 31.8 Å². The van der Waals surface area contributed by atoms with Crippen LogP contribution in [0.5, 0.6) is 0 Å². The minimum Gasteiger partial charge on any atom is -0.0743 e. The zero-order valence-electron chi connectivity index (χ0n) is 4.88. The molecule has 2 nitrogen and oxygen atoms in total. The normalized spacial score (nSPS) is 8.90. The number of hydrogen-bond donors (Lipinski definition) is 0. The third-order valence-corrected chi connectivity index (χ3v) is 2.65. The highest BCUT2D eigenvalue weighted by atomic mass is 127. The van der Waals surface area contributed by atoms with Gasteiger partial charge >= 0.3 is 5.69 Å². The average molecular weight is 265 g/mol. The summed E-state index contributed by atoms with van der Waals surface area (Å²) in [6, 6.07) is 5.27. The smallest absolute Gasteiger partial charge is 0.0743 e. The first-order chi connectivity index (χ1) is 4.75. The summed E-state index contributed by atoms with van der Waals surface area (Å²) in [5.41, 5.74) is 0.411. The van der Waals surface area contributed by atoms with E-state index < -0.39 is 0 Å². The summed E-state index contributed by atoms with van der Waals surface area (Å²) in [6.45, 7) is 0. The Morgan fingerprint density at radius 3 is 2.70 bits per heavy atom. The monoisotopic (exact) mass is 265 g/mol. The predicted molar refractivity (Wildman–Crippen MR) is 48.9 cm³/mol. The van der Waals surface area contributed by atoms with Gasteiger partial charge in [0.25, 0.3) is 0 Å². The third-order valence-electron chi connectivity index (χ3n) is 1.04. The van der Waals surface area contributed by atoms with Gasteiger partial charge in [-0.15, -0.1) is 0 Å². The summed E-state index contributed by atoms with van der Waals surface area (Å²) >= 11 is 7.80. The maximum atomic E-state index is 8.38. The van der Waals surface area contributed by atoms with Crippen LogP contribution < -0.4 is 0 Å². The van der Waals surface area contributed by atoms with Gasteiger partial charge < -0.3 is 0 Å². The van der Waals surface area contributed by atoms with Gasteiger partial charge in [0.05, 0.1) is 0 Å². The van der Waals surface area contributed by atoms with Crippen LogP contribution in [0, 0.1) is 8.96 Å². The number of rotatable bonds is 0. The molecule has 0 N–H and O–H groups in total. The lowest BCUT2D eigenvalue weighted by molar-refractivity contribution is 1.46. The van der Waals surface area contributed by atoms with Gasteiger partial charge in [-0.05, 0) is 28.7 Å². The minimum atomic E-state index is 0.411. The van der Waals surface area contributed by atoms with E-state index in [1.165, 1.54) is 0 Å². The highest BCUT2D eigenvalue weighted by Gasteiger charge is 2.12. The van der Waals surface area contributed by atoms with Crippen molar-refractivity contribution in [2.75, 3.05) is 0 Å². The van der Waals surface area contributed by atoms with Gasteiger partial charge in [-0.2, -0.15) is 0 Å². The second-order valence-corrected chi connectivity index (χ2v) is 3.21. The van der Waals surface area contributed by atoms with Crippen LogP contribution in [0.15, 0.2) is 18.2 Å². The zero-order valence-corrected chi connectivity index (χ0v) is 7.80. The van der Waals surface area contributed by atoms with Crippen molar-refractivity contribution >= 4 is 39.9 Å². The van der Waals surface area contributed by atoms with Crippen molar-refractivity contribution in [2.24, 2.45) is 0 Å². The standard InChI is InChI=1S/C6H3ClIN2/c7-6-4(8)2-1-3-5(6)10-9/h1-3H/q+1. The number of benzene rings is 1. The Kier molecular flexibility index (Phi) is 2.46. The van der Waals surface area contributed by atoms with E-state index in [9.17, 15) is 0 Å². The second kappa shape index (κ2) is 3.17. The van der Waals surface area contributed by atoms with Crippen molar-refractivity contribution in [1.29, 1.82) is 5.39 Å². The molecule has 0 spiro atoms. The molecule has 1 aromatic carbocycles. The molecule has 0 aliphatic carbocycles. The molecule has 0 amide bonds. The number of halogens is 2. The van der Waals surface area contributed by atoms with E-state index in [1.807, 2.05) is 6.07 Å². The molecular weight excluding hydrogens is 262 g/mol. The number of hydrogen-bond acceptors (Lipinski definition) is 1. The molecule has 50 valence electrons. The van der Waals surface area contributed by atoms with E-state index in [0.29, 0.717) is 10.7 Å². The highest BCUT2D eigenvalue weighted by Crippen LogP contribution is 2.28. The molecule has 0 saturated heterocycles. The first kappa shape index (κ1) is 7.76. The first-order valence-corrected chi connectivity index (χ1v) is 4.00. The van der Waals surface area contributed by atoms with E-state index in [-0.39, 0.29) is 0 Å². The topological polar surface area (TPSA) is 28.1 Å². The van der Waals surface area contributed by atoms with Crippen LogP contribution in [0.1, 0.15) is 0 Å². The predicted octanol–water partition coefficient (Wildman–Crippen LogP) is 3.43. The summed E-state index contributed by atoms with van der Waals surface area (Å²) in [5, 5.41) is 8.87. The lowest BCUT2D eigenvalue weighted by atomic mass is 10.3. The quantitative estimate of drug-likeness (QED) is 0.522. The Morgan fingerprint density at radius 1 is 1.50 bits per heavy atom. The Morgan fingerprint density at radius 2 is 2.20 bits per heavy atom. The Bertz CT molecular complexity index is 292. The maximum absolute atomic E-state index is 8.38. The largest absolute Gasteiger partial charge is 0.404 e. The van der Waals surface area contributed by atoms with Crippen LogP contribution in [0.2, 0.25) is 5.02 Å². The van der Waals surface area contributed by atoms with Gasteiger partial charge in [0.2, 0.25) is 5.39 Å². The van der Waals surface area contributed by atoms with Crippen LogP contribution in [0.4, 0.5) is 5.69 Å². The molecule has 0 fully saturated rings. The van der Waals surface area contributed by atoms with Crippen LogP contribution in [0.25, 0.3) is 4.98 Å². The highest BCUT2D eigenvalue weighted by molar-refractivity contribution is 14.1. The van der Waals surface area contributed by atoms with E-state index in [1.54, 1.807) is 12.1 Å². The fraction of sp³-hybridized carbons (Fsp3) is 0. The molecule has 0 saturated carbocycles. The lowest BCUT2D eigenvalue weighted by Gasteiger charge is -1.86. The van der Waals surface area contributed by atoms with Gasteiger partial charge in [-0.3, -0.25) is 0 Å². The van der Waals surface area contributed by atoms with Crippen molar-refractivity contribution in [3.63, 3.8) is 0 Å². The molecule has 0 radical (unpaired) electrons. The van der Waals surface area contributed by atoms with Crippen molar-refractivity contribution in [1.82, 2.24) is 0 Å². The third kappa shape index (κ3) is 1.39. The Balaban J connectivity index is 3.31. The van der Waals surface area contributed by atoms with Crippen LogP contribution in [0.3, 0.4) is 0 Å². The molecule has 10 heavy (non-hydrogen) atoms.